The number of hydrogen-bond donors (Lipinski definition) is 0. The number of esters is 1. The van der Waals surface area contributed by atoms with Crippen LogP contribution in [-0.4, -0.2) is 65.0 Å². The highest BCUT2D eigenvalue weighted by Gasteiger charge is 2.34. The van der Waals surface area contributed by atoms with Gasteiger partial charge in [-0.2, -0.15) is 5.10 Å². The third kappa shape index (κ3) is 6.89. The SMILES string of the molecule is CCOC(=O)[C@@H](OC(C)(C)C)c1c(C)cc2nc(-c3ccc4c(c3)c(C3CCN(S(C)(=O)=O)CC3)nn4C)sc2c1-c1ccc(Cl)cc1. The fourth-order valence-electron chi connectivity index (χ4n) is 6.56. The smallest absolute Gasteiger partial charge is 0.339 e. The molecule has 1 aliphatic heterocycles. The summed E-state index contributed by atoms with van der Waals surface area (Å²) in [4.78, 5) is 18.6. The second-order valence-electron chi connectivity index (χ2n) is 13.4. The van der Waals surface area contributed by atoms with Crippen molar-refractivity contribution >= 4 is 60.0 Å². The lowest BCUT2D eigenvalue weighted by molar-refractivity contribution is -0.166. The molecule has 48 heavy (non-hydrogen) atoms. The van der Waals surface area contributed by atoms with Crippen molar-refractivity contribution in [3.8, 4) is 21.7 Å². The zero-order chi connectivity index (χ0) is 34.5. The van der Waals surface area contributed by atoms with Crippen molar-refractivity contribution in [3.05, 3.63) is 70.4 Å². The first-order chi connectivity index (χ1) is 22.6. The third-order valence-electron chi connectivity index (χ3n) is 8.73. The number of sulfonamides is 1. The van der Waals surface area contributed by atoms with Crippen LogP contribution in [0.1, 0.15) is 69.4 Å². The van der Waals surface area contributed by atoms with Crippen molar-refractivity contribution in [3.63, 3.8) is 0 Å². The number of nitrogens with zero attached hydrogens (tertiary/aromatic N) is 4. The molecule has 0 radical (unpaired) electrons. The molecule has 0 amide bonds. The molecular weight excluding hydrogens is 668 g/mol. The summed E-state index contributed by atoms with van der Waals surface area (Å²) in [5.74, 6) is -0.284. The second-order valence-corrected chi connectivity index (χ2v) is 16.8. The summed E-state index contributed by atoms with van der Waals surface area (Å²) in [6.45, 7) is 10.8. The van der Waals surface area contributed by atoms with Crippen LogP contribution in [0.5, 0.6) is 0 Å². The van der Waals surface area contributed by atoms with E-state index in [1.807, 2.05) is 69.8 Å². The third-order valence-corrected chi connectivity index (χ3v) is 11.4. The summed E-state index contributed by atoms with van der Waals surface area (Å²) in [5.41, 5.74) is 6.55. The number of thiazole rings is 1. The molecule has 3 aromatic carbocycles. The fourth-order valence-corrected chi connectivity index (χ4v) is 8.68. The molecule has 0 saturated carbocycles. The maximum Gasteiger partial charge on any atom is 0.339 e. The maximum atomic E-state index is 13.5. The van der Waals surface area contributed by atoms with E-state index in [-0.39, 0.29) is 12.5 Å². The molecule has 254 valence electrons. The Hall–Kier alpha value is -3.35. The van der Waals surface area contributed by atoms with Crippen LogP contribution in [0.15, 0.2) is 48.5 Å². The number of carbonyl (C=O) groups excluding carboxylic acids is 1. The van der Waals surface area contributed by atoms with E-state index in [2.05, 4.69) is 18.2 Å². The monoisotopic (exact) mass is 708 g/mol. The van der Waals surface area contributed by atoms with Gasteiger partial charge in [0, 0.05) is 53.2 Å². The van der Waals surface area contributed by atoms with Gasteiger partial charge in [0.25, 0.3) is 0 Å². The van der Waals surface area contributed by atoms with Gasteiger partial charge in [-0.05, 0) is 95.0 Å². The van der Waals surface area contributed by atoms with Crippen LogP contribution in [0, 0.1) is 6.92 Å². The lowest BCUT2D eigenvalue weighted by atomic mass is 9.91. The second kappa shape index (κ2) is 13.2. The molecule has 1 atom stereocenters. The van der Waals surface area contributed by atoms with Gasteiger partial charge in [0.2, 0.25) is 10.0 Å². The standard InChI is InChI=1S/C36H41ClN4O5S2/c1-8-45-35(42)32(46-36(3,4)5)29-21(2)19-27-33(30(29)22-9-12-25(37)13-10-22)47-34(38-27)24-11-14-28-26(20-24)31(39-40(28)6)23-15-17-41(18-16-23)48(7,43)44/h9-14,19-20,23,32H,8,15-18H2,1-7H3/t32-/m0/s1. The van der Waals surface area contributed by atoms with Gasteiger partial charge in [0.05, 0.1) is 39.9 Å². The van der Waals surface area contributed by atoms with Crippen LogP contribution < -0.4 is 0 Å². The number of aromatic nitrogens is 3. The number of fused-ring (bicyclic) bond motifs is 2. The number of aryl methyl sites for hydroxylation is 2. The molecule has 12 heteroatoms. The molecule has 1 fully saturated rings. The zero-order valence-corrected chi connectivity index (χ0v) is 30.7. The molecule has 0 bridgehead atoms. The van der Waals surface area contributed by atoms with Crippen molar-refractivity contribution in [2.45, 2.75) is 65.1 Å². The van der Waals surface area contributed by atoms with Crippen LogP contribution in [0.3, 0.4) is 0 Å². The first-order valence-electron chi connectivity index (χ1n) is 16.1. The lowest BCUT2D eigenvalue weighted by Crippen LogP contribution is -2.37. The Kier molecular flexibility index (Phi) is 9.47. The Labute approximate surface area is 290 Å². The summed E-state index contributed by atoms with van der Waals surface area (Å²) >= 11 is 7.88. The average Bonchev–Trinajstić information content (AvgIpc) is 3.59. The summed E-state index contributed by atoms with van der Waals surface area (Å²) < 4.78 is 40.6. The van der Waals surface area contributed by atoms with Crippen LogP contribution >= 0.6 is 22.9 Å². The van der Waals surface area contributed by atoms with Gasteiger partial charge in [0.15, 0.2) is 6.10 Å². The Bertz CT molecular complexity index is 2110. The van der Waals surface area contributed by atoms with E-state index in [9.17, 15) is 13.2 Å². The number of benzene rings is 3. The summed E-state index contributed by atoms with van der Waals surface area (Å²) in [7, 11) is -1.28. The predicted molar refractivity (Wildman–Crippen MR) is 193 cm³/mol. The van der Waals surface area contributed by atoms with Crippen molar-refractivity contribution in [1.82, 2.24) is 19.1 Å². The normalized spacial score (nSPS) is 15.8. The lowest BCUT2D eigenvalue weighted by Gasteiger charge is -2.29. The minimum atomic E-state index is -3.22. The van der Waals surface area contributed by atoms with E-state index in [1.165, 1.54) is 6.26 Å². The van der Waals surface area contributed by atoms with Gasteiger partial charge < -0.3 is 9.47 Å². The molecule has 3 heterocycles. The molecule has 6 rings (SSSR count). The predicted octanol–water partition coefficient (Wildman–Crippen LogP) is 8.04. The van der Waals surface area contributed by atoms with Gasteiger partial charge in [-0.1, -0.05) is 23.7 Å². The molecular formula is C36H41ClN4O5S2. The van der Waals surface area contributed by atoms with Gasteiger partial charge >= 0.3 is 5.97 Å². The van der Waals surface area contributed by atoms with Crippen LogP contribution in [0.25, 0.3) is 42.8 Å². The number of hydrogen-bond acceptors (Lipinski definition) is 8. The summed E-state index contributed by atoms with van der Waals surface area (Å²) in [5, 5.41) is 7.40. The van der Waals surface area contributed by atoms with Crippen molar-refractivity contribution in [2.75, 3.05) is 26.0 Å². The fraction of sp³-hybridized carbons (Fsp3) is 0.417. The molecule has 5 aromatic rings. The quantitative estimate of drug-likeness (QED) is 0.150. The highest BCUT2D eigenvalue weighted by Crippen LogP contribution is 2.45. The molecule has 1 aliphatic rings. The van der Waals surface area contributed by atoms with Gasteiger partial charge in [-0.25, -0.2) is 22.5 Å². The van der Waals surface area contributed by atoms with Crippen molar-refractivity contribution < 1.29 is 22.7 Å². The van der Waals surface area contributed by atoms with E-state index >= 15 is 0 Å². The maximum absolute atomic E-state index is 13.5. The van der Waals surface area contributed by atoms with Crippen molar-refractivity contribution in [1.29, 1.82) is 0 Å². The molecule has 1 saturated heterocycles. The summed E-state index contributed by atoms with van der Waals surface area (Å²) in [6, 6.07) is 15.9. The molecule has 0 spiro atoms. The van der Waals surface area contributed by atoms with Crippen molar-refractivity contribution in [2.24, 2.45) is 7.05 Å². The molecule has 2 aromatic heterocycles. The van der Waals surface area contributed by atoms with E-state index in [4.69, 9.17) is 31.2 Å². The Morgan fingerprint density at radius 1 is 1.08 bits per heavy atom. The Balaban J connectivity index is 1.50. The van der Waals surface area contributed by atoms with Gasteiger partial charge in [0.1, 0.15) is 5.01 Å². The highest BCUT2D eigenvalue weighted by atomic mass is 35.5. The minimum absolute atomic E-state index is 0.154. The highest BCUT2D eigenvalue weighted by molar-refractivity contribution is 7.88. The van der Waals surface area contributed by atoms with E-state index in [0.29, 0.717) is 18.1 Å². The molecule has 0 unspecified atom stereocenters. The Morgan fingerprint density at radius 3 is 2.38 bits per heavy atom. The van der Waals surface area contributed by atoms with Gasteiger partial charge in [-0.3, -0.25) is 4.68 Å². The van der Waals surface area contributed by atoms with E-state index < -0.39 is 27.7 Å². The van der Waals surface area contributed by atoms with E-state index in [1.54, 1.807) is 22.6 Å². The van der Waals surface area contributed by atoms with Crippen LogP contribution in [0.4, 0.5) is 0 Å². The average molecular weight is 709 g/mol. The topological polar surface area (TPSA) is 104 Å². The Morgan fingerprint density at radius 2 is 1.75 bits per heavy atom. The number of carbonyl (C=O) groups is 1. The van der Waals surface area contributed by atoms with Crippen LogP contribution in [-0.2, 0) is 31.3 Å². The van der Waals surface area contributed by atoms with E-state index in [0.717, 1.165) is 72.5 Å². The first-order valence-corrected chi connectivity index (χ1v) is 19.2. The number of rotatable bonds is 8. The first kappa shape index (κ1) is 34.5. The number of ether oxygens (including phenoxy) is 2. The number of halogens is 1. The van der Waals surface area contributed by atoms with Crippen LogP contribution in [0.2, 0.25) is 5.02 Å². The zero-order valence-electron chi connectivity index (χ0n) is 28.3. The number of piperidine rings is 1. The molecule has 0 aliphatic carbocycles. The summed E-state index contributed by atoms with van der Waals surface area (Å²) in [6.07, 6.45) is 1.75. The largest absolute Gasteiger partial charge is 0.464 e. The molecule has 9 nitrogen and oxygen atoms in total. The minimum Gasteiger partial charge on any atom is -0.464 e. The van der Waals surface area contributed by atoms with Gasteiger partial charge in [-0.15, -0.1) is 11.3 Å². The molecule has 0 N–H and O–H groups in total.